The Balaban J connectivity index is 1.81. The van der Waals surface area contributed by atoms with E-state index in [-0.39, 0.29) is 10.6 Å². The summed E-state index contributed by atoms with van der Waals surface area (Å²) in [4.78, 5) is -0.184. The Bertz CT molecular complexity index is 860. The van der Waals surface area contributed by atoms with Crippen LogP contribution in [0.3, 0.4) is 0 Å². The molecular formula is C24H34O5S. The number of phenolic OH excluding ortho intramolecular Hbond substituents is 1. The number of rotatable bonds is 14. The third kappa shape index (κ3) is 8.76. The molecule has 2 rings (SSSR count). The van der Waals surface area contributed by atoms with E-state index in [9.17, 15) is 13.5 Å². The van der Waals surface area contributed by atoms with Gasteiger partial charge in [-0.15, -0.1) is 0 Å². The summed E-state index contributed by atoms with van der Waals surface area (Å²) in [6, 6.07) is 10.6. The van der Waals surface area contributed by atoms with Gasteiger partial charge >= 0.3 is 0 Å². The topological polar surface area (TPSA) is 83.8 Å². The van der Waals surface area contributed by atoms with Gasteiger partial charge in [0.05, 0.1) is 4.90 Å². The Morgan fingerprint density at radius 1 is 0.800 bits per heavy atom. The summed E-state index contributed by atoms with van der Waals surface area (Å²) in [5.41, 5.74) is 1.01. The van der Waals surface area contributed by atoms with Crippen LogP contribution in [-0.2, 0) is 16.5 Å². The van der Waals surface area contributed by atoms with Crippen molar-refractivity contribution >= 4 is 10.1 Å². The van der Waals surface area contributed by atoms with Crippen molar-refractivity contribution in [2.24, 2.45) is 0 Å². The quantitative estimate of drug-likeness (QED) is 0.250. The molecule has 2 N–H and O–H groups in total. The highest BCUT2D eigenvalue weighted by Crippen LogP contribution is 2.31. The van der Waals surface area contributed by atoms with Crippen molar-refractivity contribution in [3.8, 4) is 17.2 Å². The van der Waals surface area contributed by atoms with E-state index in [1.54, 1.807) is 12.1 Å². The molecule has 2 aromatic carbocycles. The maximum atomic E-state index is 11.2. The van der Waals surface area contributed by atoms with Gasteiger partial charge in [-0.05, 0) is 48.7 Å². The van der Waals surface area contributed by atoms with Crippen molar-refractivity contribution in [2.75, 3.05) is 0 Å². The number of benzene rings is 2. The molecule has 0 spiro atoms. The van der Waals surface area contributed by atoms with Crippen molar-refractivity contribution in [3.63, 3.8) is 0 Å². The van der Waals surface area contributed by atoms with Crippen LogP contribution in [0.5, 0.6) is 17.2 Å². The van der Waals surface area contributed by atoms with Gasteiger partial charge in [0.1, 0.15) is 17.2 Å². The molecule has 0 aliphatic rings. The minimum Gasteiger partial charge on any atom is -0.508 e. The molecule has 0 aliphatic heterocycles. The van der Waals surface area contributed by atoms with Crippen LogP contribution in [0.25, 0.3) is 0 Å². The number of phenols is 1. The van der Waals surface area contributed by atoms with E-state index < -0.39 is 10.1 Å². The van der Waals surface area contributed by atoms with Crippen LogP contribution >= 0.6 is 0 Å². The summed E-state index contributed by atoms with van der Waals surface area (Å²) in [5, 5.41) is 9.82. The molecule has 0 aromatic heterocycles. The fraction of sp³-hybridized carbons (Fsp3) is 0.500. The highest BCUT2D eigenvalue weighted by Gasteiger charge is 2.11. The molecule has 0 saturated carbocycles. The van der Waals surface area contributed by atoms with Crippen LogP contribution in [0, 0.1) is 0 Å². The minimum atomic E-state index is -4.23. The second kappa shape index (κ2) is 12.6. The first kappa shape index (κ1) is 24.2. The molecule has 0 bridgehead atoms. The van der Waals surface area contributed by atoms with Crippen LogP contribution < -0.4 is 4.74 Å². The Kier molecular flexibility index (Phi) is 10.2. The van der Waals surface area contributed by atoms with Crippen molar-refractivity contribution in [2.45, 2.75) is 82.4 Å². The van der Waals surface area contributed by atoms with Gasteiger partial charge in [0.25, 0.3) is 10.1 Å². The molecule has 0 radical (unpaired) electrons. The Hall–Kier alpha value is -2.05. The maximum absolute atomic E-state index is 11.2. The lowest BCUT2D eigenvalue weighted by molar-refractivity contribution is 0.450. The van der Waals surface area contributed by atoms with Gasteiger partial charge in [-0.3, -0.25) is 4.55 Å². The van der Waals surface area contributed by atoms with Crippen LogP contribution in [0.15, 0.2) is 47.4 Å². The van der Waals surface area contributed by atoms with Crippen LogP contribution in [-0.4, -0.2) is 18.1 Å². The Labute approximate surface area is 180 Å². The molecule has 0 saturated heterocycles. The van der Waals surface area contributed by atoms with Gasteiger partial charge in [-0.25, -0.2) is 0 Å². The van der Waals surface area contributed by atoms with Gasteiger partial charge in [-0.1, -0.05) is 70.8 Å². The van der Waals surface area contributed by atoms with Gasteiger partial charge in [0.15, 0.2) is 0 Å². The van der Waals surface area contributed by atoms with E-state index in [0.29, 0.717) is 11.5 Å². The third-order valence-electron chi connectivity index (χ3n) is 5.20. The maximum Gasteiger partial charge on any atom is 0.294 e. The molecule has 0 amide bonds. The molecule has 0 unspecified atom stereocenters. The Morgan fingerprint density at radius 2 is 1.37 bits per heavy atom. The fourth-order valence-electron chi connectivity index (χ4n) is 3.45. The van der Waals surface area contributed by atoms with Gasteiger partial charge in [0.2, 0.25) is 0 Å². The molecule has 0 heterocycles. The number of ether oxygens (including phenoxy) is 1. The normalized spacial score (nSPS) is 11.5. The van der Waals surface area contributed by atoms with Crippen molar-refractivity contribution in [1.29, 1.82) is 0 Å². The zero-order valence-corrected chi connectivity index (χ0v) is 18.7. The molecule has 6 heteroatoms. The van der Waals surface area contributed by atoms with Crippen molar-refractivity contribution < 1.29 is 22.8 Å². The lowest BCUT2D eigenvalue weighted by Crippen LogP contribution is -1.98. The minimum absolute atomic E-state index is 0.117. The average Bonchev–Trinajstić information content (AvgIpc) is 2.70. The van der Waals surface area contributed by atoms with Crippen molar-refractivity contribution in [1.82, 2.24) is 0 Å². The number of aromatic hydroxyl groups is 1. The first-order chi connectivity index (χ1) is 14.4. The van der Waals surface area contributed by atoms with Crippen LogP contribution in [0.4, 0.5) is 0 Å². The lowest BCUT2D eigenvalue weighted by atomic mass is 10.0. The monoisotopic (exact) mass is 434 g/mol. The standard InChI is InChI=1S/C24H34O5S/c1-2-3-4-5-6-7-8-9-10-11-12-20-13-14-21(25)19-24(20)29-22-15-17-23(18-16-22)30(26,27)28/h13-19,25H,2-12H2,1H3,(H,26,27,28). The highest BCUT2D eigenvalue weighted by molar-refractivity contribution is 7.85. The fourth-order valence-corrected chi connectivity index (χ4v) is 3.93. The van der Waals surface area contributed by atoms with Crippen LogP contribution in [0.2, 0.25) is 0 Å². The first-order valence-corrected chi connectivity index (χ1v) is 12.4. The number of hydrogen-bond donors (Lipinski definition) is 2. The zero-order chi connectivity index (χ0) is 21.8. The third-order valence-corrected chi connectivity index (χ3v) is 6.07. The summed E-state index contributed by atoms with van der Waals surface area (Å²) in [7, 11) is -4.23. The molecule has 0 aliphatic carbocycles. The van der Waals surface area contributed by atoms with E-state index in [2.05, 4.69) is 6.92 Å². The van der Waals surface area contributed by atoms with Gasteiger partial charge < -0.3 is 9.84 Å². The smallest absolute Gasteiger partial charge is 0.294 e. The number of unbranched alkanes of at least 4 members (excludes halogenated alkanes) is 9. The lowest BCUT2D eigenvalue weighted by Gasteiger charge is -2.12. The molecular weight excluding hydrogens is 400 g/mol. The second-order valence-corrected chi connectivity index (χ2v) is 9.19. The van der Waals surface area contributed by atoms with E-state index in [4.69, 9.17) is 9.29 Å². The SMILES string of the molecule is CCCCCCCCCCCCc1ccc(O)cc1Oc1ccc(S(=O)(=O)O)cc1. The van der Waals surface area contributed by atoms with Crippen molar-refractivity contribution in [3.05, 3.63) is 48.0 Å². The van der Waals surface area contributed by atoms with E-state index in [1.165, 1.54) is 82.1 Å². The molecule has 166 valence electrons. The molecule has 30 heavy (non-hydrogen) atoms. The predicted octanol–water partition coefficient (Wildman–Crippen LogP) is 6.89. The Morgan fingerprint density at radius 3 is 1.93 bits per heavy atom. The average molecular weight is 435 g/mol. The molecule has 0 fully saturated rings. The molecule has 0 atom stereocenters. The number of hydrogen-bond acceptors (Lipinski definition) is 4. The summed E-state index contributed by atoms with van der Waals surface area (Å²) < 4.78 is 37.2. The largest absolute Gasteiger partial charge is 0.508 e. The van der Waals surface area contributed by atoms with Gasteiger partial charge in [0, 0.05) is 6.07 Å². The summed E-state index contributed by atoms with van der Waals surface area (Å²) in [6.07, 6.45) is 13.6. The first-order valence-electron chi connectivity index (χ1n) is 11.0. The van der Waals surface area contributed by atoms with Crippen LogP contribution in [0.1, 0.15) is 76.7 Å². The summed E-state index contributed by atoms with van der Waals surface area (Å²) in [5.74, 6) is 1.12. The van der Waals surface area contributed by atoms with E-state index in [0.717, 1.165) is 18.4 Å². The second-order valence-electron chi connectivity index (χ2n) is 7.77. The van der Waals surface area contributed by atoms with E-state index in [1.807, 2.05) is 6.07 Å². The zero-order valence-electron chi connectivity index (χ0n) is 17.8. The number of aryl methyl sites for hydroxylation is 1. The molecule has 5 nitrogen and oxygen atoms in total. The van der Waals surface area contributed by atoms with E-state index >= 15 is 0 Å². The summed E-state index contributed by atoms with van der Waals surface area (Å²) >= 11 is 0. The predicted molar refractivity (Wildman–Crippen MR) is 120 cm³/mol. The summed E-state index contributed by atoms with van der Waals surface area (Å²) in [6.45, 7) is 2.24. The highest BCUT2D eigenvalue weighted by atomic mass is 32.2. The molecule has 2 aromatic rings. The van der Waals surface area contributed by atoms with Gasteiger partial charge in [-0.2, -0.15) is 8.42 Å².